The molecule has 1 fully saturated rings. The van der Waals surface area contributed by atoms with Crippen LogP contribution in [0.1, 0.15) is 56.7 Å². The molecule has 2 nitrogen and oxygen atoms in total. The minimum atomic E-state index is 0.497. The van der Waals surface area contributed by atoms with Gasteiger partial charge in [0, 0.05) is 12.6 Å². The average Bonchev–Trinajstić information content (AvgIpc) is 3.03. The second-order valence-corrected chi connectivity index (χ2v) is 6.33. The molecule has 0 saturated carbocycles. The molecule has 0 radical (unpaired) electrons. The standard InChI is InChI=1S/C17H25NO/c1-3-17(4-2)10-11-18(12-17)15-9-8-14-13(15)6-5-7-16(14)19/h5-7,15,19H,3-4,8-12H2,1-2H3. The third kappa shape index (κ3) is 2.06. The Morgan fingerprint density at radius 1 is 1.32 bits per heavy atom. The quantitative estimate of drug-likeness (QED) is 0.890. The van der Waals surface area contributed by atoms with Crippen molar-refractivity contribution in [3.05, 3.63) is 29.3 Å². The molecule has 0 bridgehead atoms. The lowest BCUT2D eigenvalue weighted by Gasteiger charge is -2.29. The van der Waals surface area contributed by atoms with Crippen molar-refractivity contribution >= 4 is 0 Å². The first kappa shape index (κ1) is 13.0. The van der Waals surface area contributed by atoms with Gasteiger partial charge in [-0.1, -0.05) is 26.0 Å². The van der Waals surface area contributed by atoms with E-state index < -0.39 is 0 Å². The van der Waals surface area contributed by atoms with Gasteiger partial charge in [0.2, 0.25) is 0 Å². The van der Waals surface area contributed by atoms with Crippen LogP contribution in [0.4, 0.5) is 0 Å². The molecular formula is C17H25NO. The number of hydrogen-bond donors (Lipinski definition) is 1. The van der Waals surface area contributed by atoms with Crippen LogP contribution in [0.2, 0.25) is 0 Å². The number of aromatic hydroxyl groups is 1. The Hall–Kier alpha value is -1.02. The minimum Gasteiger partial charge on any atom is -0.508 e. The molecule has 1 atom stereocenters. The van der Waals surface area contributed by atoms with Gasteiger partial charge in [0.25, 0.3) is 0 Å². The number of fused-ring (bicyclic) bond motifs is 1. The summed E-state index contributed by atoms with van der Waals surface area (Å²) in [6, 6.07) is 6.58. The summed E-state index contributed by atoms with van der Waals surface area (Å²) >= 11 is 0. The molecule has 0 amide bonds. The summed E-state index contributed by atoms with van der Waals surface area (Å²) in [5.74, 6) is 0.497. The highest BCUT2D eigenvalue weighted by atomic mass is 16.3. The maximum atomic E-state index is 9.97. The van der Waals surface area contributed by atoms with Gasteiger partial charge in [0.15, 0.2) is 0 Å². The molecular weight excluding hydrogens is 234 g/mol. The highest BCUT2D eigenvalue weighted by Crippen LogP contribution is 2.45. The van der Waals surface area contributed by atoms with Crippen LogP contribution in [0.15, 0.2) is 18.2 Å². The molecule has 0 spiro atoms. The van der Waals surface area contributed by atoms with Crippen LogP contribution in [0.25, 0.3) is 0 Å². The summed E-state index contributed by atoms with van der Waals surface area (Å²) in [7, 11) is 0. The van der Waals surface area contributed by atoms with E-state index in [1.54, 1.807) is 0 Å². The Bertz CT molecular complexity index is 464. The minimum absolute atomic E-state index is 0.497. The molecule has 1 saturated heterocycles. The van der Waals surface area contributed by atoms with E-state index in [0.717, 1.165) is 6.42 Å². The summed E-state index contributed by atoms with van der Waals surface area (Å²) in [6.07, 6.45) is 6.13. The predicted molar refractivity (Wildman–Crippen MR) is 78.4 cm³/mol. The fourth-order valence-corrected chi connectivity index (χ4v) is 4.06. The Morgan fingerprint density at radius 2 is 2.11 bits per heavy atom. The summed E-state index contributed by atoms with van der Waals surface area (Å²) in [6.45, 7) is 7.13. The van der Waals surface area contributed by atoms with E-state index >= 15 is 0 Å². The van der Waals surface area contributed by atoms with Gasteiger partial charge in [-0.15, -0.1) is 0 Å². The number of hydrogen-bond acceptors (Lipinski definition) is 2. The third-order valence-electron chi connectivity index (χ3n) is 5.62. The van der Waals surface area contributed by atoms with Crippen LogP contribution < -0.4 is 0 Å². The number of phenols is 1. The summed E-state index contributed by atoms with van der Waals surface area (Å²) in [5, 5.41) is 9.97. The maximum Gasteiger partial charge on any atom is 0.119 e. The SMILES string of the molecule is CCC1(CC)CCN(C2CCc3c(O)cccc32)C1. The molecule has 19 heavy (non-hydrogen) atoms. The van der Waals surface area contributed by atoms with E-state index in [-0.39, 0.29) is 0 Å². The number of phenolic OH excluding ortho intramolecular Hbond substituents is 1. The van der Waals surface area contributed by atoms with Crippen molar-refractivity contribution < 1.29 is 5.11 Å². The zero-order valence-electron chi connectivity index (χ0n) is 12.2. The van der Waals surface area contributed by atoms with Crippen molar-refractivity contribution in [2.24, 2.45) is 5.41 Å². The molecule has 2 heteroatoms. The summed E-state index contributed by atoms with van der Waals surface area (Å²) in [5.41, 5.74) is 3.11. The molecule has 1 unspecified atom stereocenters. The topological polar surface area (TPSA) is 23.5 Å². The van der Waals surface area contributed by atoms with E-state index in [2.05, 4.69) is 24.8 Å². The highest BCUT2D eigenvalue weighted by Gasteiger charge is 2.40. The zero-order valence-corrected chi connectivity index (χ0v) is 12.2. The summed E-state index contributed by atoms with van der Waals surface area (Å²) < 4.78 is 0. The molecule has 1 aromatic carbocycles. The first-order chi connectivity index (χ1) is 9.19. The predicted octanol–water partition coefficient (Wildman–Crippen LogP) is 3.89. The number of nitrogens with zero attached hydrogens (tertiary/aromatic N) is 1. The van der Waals surface area contributed by atoms with E-state index in [9.17, 15) is 5.11 Å². The molecule has 1 N–H and O–H groups in total. The Morgan fingerprint density at radius 3 is 2.79 bits per heavy atom. The second kappa shape index (κ2) is 4.82. The van der Waals surface area contributed by atoms with Gasteiger partial charge in [0.05, 0.1) is 0 Å². The molecule has 2 aliphatic rings. The highest BCUT2D eigenvalue weighted by molar-refractivity contribution is 5.44. The smallest absolute Gasteiger partial charge is 0.119 e. The van der Waals surface area contributed by atoms with E-state index in [4.69, 9.17) is 0 Å². The molecule has 1 aromatic rings. The summed E-state index contributed by atoms with van der Waals surface area (Å²) in [4.78, 5) is 2.66. The maximum absolute atomic E-state index is 9.97. The average molecular weight is 259 g/mol. The molecule has 0 aromatic heterocycles. The van der Waals surface area contributed by atoms with E-state index in [1.165, 1.54) is 49.9 Å². The van der Waals surface area contributed by atoms with Crippen molar-refractivity contribution in [1.82, 2.24) is 4.90 Å². The monoisotopic (exact) mass is 259 g/mol. The van der Waals surface area contributed by atoms with Gasteiger partial charge < -0.3 is 5.11 Å². The number of rotatable bonds is 3. The number of benzene rings is 1. The Kier molecular flexibility index (Phi) is 3.30. The lowest BCUT2D eigenvalue weighted by Crippen LogP contribution is -2.29. The van der Waals surface area contributed by atoms with Crippen LogP contribution in [-0.4, -0.2) is 23.1 Å². The van der Waals surface area contributed by atoms with Gasteiger partial charge in [-0.2, -0.15) is 0 Å². The van der Waals surface area contributed by atoms with Crippen molar-refractivity contribution in [1.29, 1.82) is 0 Å². The number of likely N-dealkylation sites (tertiary alicyclic amines) is 1. The normalized spacial score (nSPS) is 25.7. The largest absolute Gasteiger partial charge is 0.508 e. The second-order valence-electron chi connectivity index (χ2n) is 6.33. The molecule has 3 rings (SSSR count). The van der Waals surface area contributed by atoms with Gasteiger partial charge in [-0.25, -0.2) is 0 Å². The van der Waals surface area contributed by atoms with Crippen LogP contribution in [-0.2, 0) is 6.42 Å². The van der Waals surface area contributed by atoms with Crippen molar-refractivity contribution in [3.8, 4) is 5.75 Å². The fourth-order valence-electron chi connectivity index (χ4n) is 4.06. The van der Waals surface area contributed by atoms with Crippen LogP contribution in [0, 0.1) is 5.41 Å². The zero-order chi connectivity index (χ0) is 13.5. The molecule has 1 aliphatic carbocycles. The van der Waals surface area contributed by atoms with Gasteiger partial charge in [-0.3, -0.25) is 4.90 Å². The lowest BCUT2D eigenvalue weighted by molar-refractivity contribution is 0.194. The first-order valence-electron chi connectivity index (χ1n) is 7.74. The van der Waals surface area contributed by atoms with Crippen LogP contribution in [0.5, 0.6) is 5.75 Å². The first-order valence-corrected chi connectivity index (χ1v) is 7.74. The Labute approximate surface area is 116 Å². The molecule has 1 aliphatic heterocycles. The van der Waals surface area contributed by atoms with Gasteiger partial charge >= 0.3 is 0 Å². The Balaban J connectivity index is 1.82. The molecule has 104 valence electrons. The van der Waals surface area contributed by atoms with E-state index in [1.807, 2.05) is 12.1 Å². The fraction of sp³-hybridized carbons (Fsp3) is 0.647. The molecule has 1 heterocycles. The van der Waals surface area contributed by atoms with Crippen molar-refractivity contribution in [2.75, 3.05) is 13.1 Å². The van der Waals surface area contributed by atoms with Crippen molar-refractivity contribution in [3.63, 3.8) is 0 Å². The lowest BCUT2D eigenvalue weighted by atomic mass is 9.82. The van der Waals surface area contributed by atoms with Crippen molar-refractivity contribution in [2.45, 2.75) is 52.0 Å². The van der Waals surface area contributed by atoms with E-state index in [0.29, 0.717) is 17.2 Å². The van der Waals surface area contributed by atoms with Crippen LogP contribution in [0.3, 0.4) is 0 Å². The van der Waals surface area contributed by atoms with Gasteiger partial charge in [0.1, 0.15) is 5.75 Å². The van der Waals surface area contributed by atoms with Gasteiger partial charge in [-0.05, 0) is 61.3 Å². The third-order valence-corrected chi connectivity index (χ3v) is 5.62. The van der Waals surface area contributed by atoms with Crippen LogP contribution >= 0.6 is 0 Å².